The zero-order valence-electron chi connectivity index (χ0n) is 20.2. The molecule has 0 spiro atoms. The Kier molecular flexibility index (Phi) is 8.76. The van der Waals surface area contributed by atoms with E-state index in [9.17, 15) is 9.90 Å². The molecule has 10 heteroatoms. The standard InChI is InChI=1S/C26H30N4O5S/c1-4-12-33-26(32)28-21-7-5-6-20(13-21)24-34-22(15-36-25-29-27-16-30(25)3)17(2)23(35-24)19-10-8-18(14-31)9-11-19/h4-11,13,16-17,22-24,31H,1,12,14-15H2,2-3H3,(H,28,32). The third kappa shape index (κ3) is 6.33. The van der Waals surface area contributed by atoms with Gasteiger partial charge in [-0.25, -0.2) is 4.79 Å². The SMILES string of the molecule is C=CCOC(=O)Nc1cccc(C2OC(CSc3nncn3C)C(C)C(c3ccc(CO)cc3)O2)c1. The van der Waals surface area contributed by atoms with Crippen LogP contribution < -0.4 is 5.32 Å². The lowest BCUT2D eigenvalue weighted by Gasteiger charge is -2.41. The molecule has 1 amide bonds. The van der Waals surface area contributed by atoms with E-state index in [-0.39, 0.29) is 31.3 Å². The Balaban J connectivity index is 1.56. The van der Waals surface area contributed by atoms with Crippen LogP contribution in [0, 0.1) is 5.92 Å². The zero-order chi connectivity index (χ0) is 25.5. The van der Waals surface area contributed by atoms with Gasteiger partial charge in [-0.15, -0.1) is 10.2 Å². The largest absolute Gasteiger partial charge is 0.445 e. The molecule has 2 heterocycles. The van der Waals surface area contributed by atoms with Crippen LogP contribution in [0.4, 0.5) is 10.5 Å². The second-order valence-corrected chi connectivity index (χ2v) is 9.48. The number of hydrogen-bond acceptors (Lipinski definition) is 8. The van der Waals surface area contributed by atoms with E-state index >= 15 is 0 Å². The van der Waals surface area contributed by atoms with Crippen molar-refractivity contribution < 1.29 is 24.1 Å². The van der Waals surface area contributed by atoms with Crippen molar-refractivity contribution in [1.29, 1.82) is 0 Å². The lowest BCUT2D eigenvalue weighted by Crippen LogP contribution is -2.38. The number of anilines is 1. The number of aliphatic hydroxyl groups excluding tert-OH is 1. The number of nitrogens with one attached hydrogen (secondary N) is 1. The lowest BCUT2D eigenvalue weighted by atomic mass is 9.91. The fourth-order valence-electron chi connectivity index (χ4n) is 3.92. The van der Waals surface area contributed by atoms with Gasteiger partial charge in [-0.05, 0) is 23.3 Å². The molecule has 2 aromatic carbocycles. The second-order valence-electron chi connectivity index (χ2n) is 8.49. The predicted molar refractivity (Wildman–Crippen MR) is 136 cm³/mol. The minimum atomic E-state index is -0.653. The van der Waals surface area contributed by atoms with Crippen molar-refractivity contribution >= 4 is 23.5 Å². The number of thioether (sulfide) groups is 1. The summed E-state index contributed by atoms with van der Waals surface area (Å²) in [5.74, 6) is 0.696. The summed E-state index contributed by atoms with van der Waals surface area (Å²) in [7, 11) is 1.91. The Labute approximate surface area is 214 Å². The first-order chi connectivity index (χ1) is 17.5. The van der Waals surface area contributed by atoms with Crippen LogP contribution in [0.5, 0.6) is 0 Å². The van der Waals surface area contributed by atoms with Gasteiger partial charge in [0.15, 0.2) is 11.4 Å². The van der Waals surface area contributed by atoms with Crippen molar-refractivity contribution in [2.45, 2.75) is 37.2 Å². The van der Waals surface area contributed by atoms with Crippen molar-refractivity contribution in [3.05, 3.63) is 84.2 Å². The molecule has 190 valence electrons. The molecular weight excluding hydrogens is 480 g/mol. The molecule has 0 saturated carbocycles. The summed E-state index contributed by atoms with van der Waals surface area (Å²) in [6.45, 7) is 5.76. The van der Waals surface area contributed by atoms with Crippen LogP contribution >= 0.6 is 11.8 Å². The van der Waals surface area contributed by atoms with E-state index in [1.165, 1.54) is 6.08 Å². The first-order valence-electron chi connectivity index (χ1n) is 11.6. The molecule has 1 aliphatic rings. The highest BCUT2D eigenvalue weighted by molar-refractivity contribution is 7.99. The first kappa shape index (κ1) is 25.9. The summed E-state index contributed by atoms with van der Waals surface area (Å²) in [5.41, 5.74) is 3.19. The van der Waals surface area contributed by atoms with Gasteiger partial charge >= 0.3 is 6.09 Å². The quantitative estimate of drug-likeness (QED) is 0.317. The average Bonchev–Trinajstić information content (AvgIpc) is 3.31. The van der Waals surface area contributed by atoms with Crippen LogP contribution in [0.3, 0.4) is 0 Å². The normalized spacial score (nSPS) is 21.6. The smallest absolute Gasteiger partial charge is 0.411 e. The minimum absolute atomic E-state index is 0.0148. The van der Waals surface area contributed by atoms with Crippen LogP contribution in [0.2, 0.25) is 0 Å². The molecule has 1 fully saturated rings. The zero-order valence-corrected chi connectivity index (χ0v) is 21.1. The Morgan fingerprint density at radius 3 is 2.75 bits per heavy atom. The van der Waals surface area contributed by atoms with Crippen molar-refractivity contribution in [1.82, 2.24) is 14.8 Å². The number of carbonyl (C=O) groups is 1. The van der Waals surface area contributed by atoms with Gasteiger partial charge in [0, 0.05) is 30.0 Å². The molecule has 4 rings (SSSR count). The summed E-state index contributed by atoms with van der Waals surface area (Å²) in [5, 5.41) is 21.1. The van der Waals surface area contributed by atoms with E-state index in [2.05, 4.69) is 29.0 Å². The summed E-state index contributed by atoms with van der Waals surface area (Å²) in [6.07, 6.45) is 1.57. The number of carbonyl (C=O) groups excluding carboxylic acids is 1. The fourth-order valence-corrected chi connectivity index (χ4v) is 4.97. The monoisotopic (exact) mass is 510 g/mol. The maximum absolute atomic E-state index is 12.0. The van der Waals surface area contributed by atoms with E-state index in [1.807, 2.05) is 54.1 Å². The van der Waals surface area contributed by atoms with Crippen molar-refractivity contribution in [2.24, 2.45) is 13.0 Å². The number of aliphatic hydroxyl groups is 1. The molecule has 1 aliphatic heterocycles. The van der Waals surface area contributed by atoms with Crippen LogP contribution in [0.25, 0.3) is 0 Å². The Morgan fingerprint density at radius 2 is 2.06 bits per heavy atom. The van der Waals surface area contributed by atoms with Crippen LogP contribution in [0.15, 0.2) is 72.7 Å². The number of benzene rings is 2. The Morgan fingerprint density at radius 1 is 1.25 bits per heavy atom. The Hall–Kier alpha value is -3.18. The van der Waals surface area contributed by atoms with Gasteiger partial charge in [0.1, 0.15) is 12.9 Å². The summed E-state index contributed by atoms with van der Waals surface area (Å²) >= 11 is 1.58. The third-order valence-electron chi connectivity index (χ3n) is 5.91. The van der Waals surface area contributed by atoms with Gasteiger partial charge in [0.25, 0.3) is 0 Å². The number of ether oxygens (including phenoxy) is 3. The maximum atomic E-state index is 12.0. The molecule has 1 aromatic heterocycles. The fraction of sp³-hybridized carbons (Fsp3) is 0.346. The van der Waals surface area contributed by atoms with Gasteiger partial charge in [0.2, 0.25) is 0 Å². The molecule has 36 heavy (non-hydrogen) atoms. The molecule has 3 aromatic rings. The van der Waals surface area contributed by atoms with Gasteiger partial charge < -0.3 is 23.9 Å². The van der Waals surface area contributed by atoms with Gasteiger partial charge in [0.05, 0.1) is 18.8 Å². The molecule has 4 unspecified atom stereocenters. The van der Waals surface area contributed by atoms with E-state index in [0.717, 1.165) is 21.8 Å². The van der Waals surface area contributed by atoms with E-state index in [1.54, 1.807) is 24.2 Å². The lowest BCUT2D eigenvalue weighted by molar-refractivity contribution is -0.268. The molecule has 4 atom stereocenters. The van der Waals surface area contributed by atoms with E-state index in [0.29, 0.717) is 11.4 Å². The highest BCUT2D eigenvalue weighted by Gasteiger charge is 2.38. The van der Waals surface area contributed by atoms with Crippen LogP contribution in [-0.4, -0.2) is 44.4 Å². The van der Waals surface area contributed by atoms with Crippen molar-refractivity contribution in [3.63, 3.8) is 0 Å². The summed E-state index contributed by atoms with van der Waals surface area (Å²) < 4.78 is 19.8. The number of aromatic nitrogens is 3. The highest BCUT2D eigenvalue weighted by Crippen LogP contribution is 2.43. The molecule has 0 bridgehead atoms. The topological polar surface area (TPSA) is 108 Å². The average molecular weight is 511 g/mol. The predicted octanol–water partition coefficient (Wildman–Crippen LogP) is 4.63. The molecule has 0 radical (unpaired) electrons. The number of amides is 1. The van der Waals surface area contributed by atoms with Crippen molar-refractivity contribution in [3.8, 4) is 0 Å². The highest BCUT2D eigenvalue weighted by atomic mass is 32.2. The van der Waals surface area contributed by atoms with Gasteiger partial charge in [-0.3, -0.25) is 5.32 Å². The third-order valence-corrected chi connectivity index (χ3v) is 7.03. The number of hydrogen-bond donors (Lipinski definition) is 2. The molecule has 9 nitrogen and oxygen atoms in total. The van der Waals surface area contributed by atoms with E-state index in [4.69, 9.17) is 14.2 Å². The maximum Gasteiger partial charge on any atom is 0.411 e. The minimum Gasteiger partial charge on any atom is -0.445 e. The Bertz CT molecular complexity index is 1170. The summed E-state index contributed by atoms with van der Waals surface area (Å²) in [6, 6.07) is 15.1. The number of aryl methyl sites for hydroxylation is 1. The molecule has 0 aliphatic carbocycles. The molecule has 2 N–H and O–H groups in total. The molecule has 1 saturated heterocycles. The second kappa shape index (κ2) is 12.2. The summed E-state index contributed by atoms with van der Waals surface area (Å²) in [4.78, 5) is 12.0. The molecular formula is C26H30N4O5S. The van der Waals surface area contributed by atoms with Crippen molar-refractivity contribution in [2.75, 3.05) is 17.7 Å². The van der Waals surface area contributed by atoms with Crippen LogP contribution in [-0.2, 0) is 27.9 Å². The van der Waals surface area contributed by atoms with E-state index < -0.39 is 12.4 Å². The number of rotatable bonds is 9. The van der Waals surface area contributed by atoms with Gasteiger partial charge in [-0.2, -0.15) is 0 Å². The van der Waals surface area contributed by atoms with Gasteiger partial charge in [-0.1, -0.05) is 67.7 Å². The first-order valence-corrected chi connectivity index (χ1v) is 12.6. The number of nitrogens with zero attached hydrogens (tertiary/aromatic N) is 3. The van der Waals surface area contributed by atoms with Crippen LogP contribution in [0.1, 0.15) is 36.0 Å².